The number of morpholine rings is 1. The Bertz CT molecular complexity index is 1600. The van der Waals surface area contributed by atoms with Gasteiger partial charge in [0.1, 0.15) is 30.2 Å². The zero-order valence-corrected chi connectivity index (χ0v) is 26.4. The van der Waals surface area contributed by atoms with Crippen molar-refractivity contribution in [2.45, 2.75) is 49.9 Å². The number of ether oxygens (including phenoxy) is 2. The molecule has 48 heavy (non-hydrogen) atoms. The Labute approximate surface area is 277 Å². The lowest BCUT2D eigenvalue weighted by Gasteiger charge is -2.31. The number of pyridine rings is 1. The number of rotatable bonds is 14. The van der Waals surface area contributed by atoms with Crippen LogP contribution in [0.15, 0.2) is 91.3 Å². The highest BCUT2D eigenvalue weighted by Crippen LogP contribution is 2.29. The third-order valence-corrected chi connectivity index (χ3v) is 8.42. The van der Waals surface area contributed by atoms with E-state index in [2.05, 4.69) is 15.6 Å². The van der Waals surface area contributed by atoms with Gasteiger partial charge in [-0.1, -0.05) is 54.6 Å². The van der Waals surface area contributed by atoms with E-state index in [1.807, 2.05) is 30.3 Å². The lowest BCUT2D eigenvalue weighted by atomic mass is 9.82. The van der Waals surface area contributed by atoms with Gasteiger partial charge in [-0.2, -0.15) is 0 Å². The van der Waals surface area contributed by atoms with Gasteiger partial charge in [0.2, 0.25) is 0 Å². The van der Waals surface area contributed by atoms with Crippen molar-refractivity contribution in [1.29, 1.82) is 0 Å². The zero-order valence-electron chi connectivity index (χ0n) is 26.4. The highest BCUT2D eigenvalue weighted by Gasteiger charge is 2.29. The molecule has 5 rings (SSSR count). The Morgan fingerprint density at radius 2 is 1.54 bits per heavy atom. The molecule has 11 heteroatoms. The van der Waals surface area contributed by atoms with E-state index in [-0.39, 0.29) is 37.4 Å². The van der Waals surface area contributed by atoms with Crippen LogP contribution in [-0.2, 0) is 33.5 Å². The standard InChI is InChI=1S/C37H39F3N4O4/c38-28-10-6-25(7-11-28)35(26-8-12-29(39)13-9-26)36(41)34(45)18-27-19-42-22-33(40)32(27)15-14-30-20-43-21-31(48-30)23-47-37(46)44-17-16-24-4-2-1-3-5-24/h1-13,19,22,30-31,35-36,43H,14-18,20-21,23,41H2,(H,44,46)/t30-,31+,36-/m1/s1. The number of amides is 1. The van der Waals surface area contributed by atoms with Crippen molar-refractivity contribution in [1.82, 2.24) is 15.6 Å². The molecule has 1 aliphatic heterocycles. The molecule has 252 valence electrons. The van der Waals surface area contributed by atoms with Crippen LogP contribution in [0.3, 0.4) is 0 Å². The van der Waals surface area contributed by atoms with Crippen molar-refractivity contribution >= 4 is 11.9 Å². The van der Waals surface area contributed by atoms with Crippen LogP contribution in [0, 0.1) is 17.5 Å². The number of nitrogens with two attached hydrogens (primary N) is 1. The van der Waals surface area contributed by atoms with Crippen LogP contribution in [0.1, 0.15) is 40.2 Å². The normalized spacial score (nSPS) is 16.8. The Hall–Kier alpha value is -4.58. The molecule has 0 aliphatic carbocycles. The monoisotopic (exact) mass is 660 g/mol. The summed E-state index contributed by atoms with van der Waals surface area (Å²) in [7, 11) is 0. The fourth-order valence-corrected chi connectivity index (χ4v) is 5.89. The average Bonchev–Trinajstić information content (AvgIpc) is 3.09. The minimum atomic E-state index is -1.08. The topological polar surface area (TPSA) is 116 Å². The number of alkyl carbamates (subject to hydrolysis) is 1. The fourth-order valence-electron chi connectivity index (χ4n) is 5.89. The van der Waals surface area contributed by atoms with E-state index >= 15 is 4.39 Å². The maximum atomic E-state index is 15.1. The largest absolute Gasteiger partial charge is 0.447 e. The quantitative estimate of drug-likeness (QED) is 0.174. The van der Waals surface area contributed by atoms with Gasteiger partial charge in [0.05, 0.1) is 18.3 Å². The molecule has 2 heterocycles. The number of hydrogen-bond donors (Lipinski definition) is 3. The van der Waals surface area contributed by atoms with Crippen LogP contribution in [0.4, 0.5) is 18.0 Å². The molecule has 0 unspecified atom stereocenters. The maximum absolute atomic E-state index is 15.1. The van der Waals surface area contributed by atoms with E-state index in [9.17, 15) is 18.4 Å². The van der Waals surface area contributed by atoms with Gasteiger partial charge in [-0.3, -0.25) is 9.78 Å². The second-order valence-electron chi connectivity index (χ2n) is 11.8. The maximum Gasteiger partial charge on any atom is 0.407 e. The molecule has 1 aliphatic rings. The molecule has 4 N–H and O–H groups in total. The van der Waals surface area contributed by atoms with Crippen molar-refractivity contribution in [3.05, 3.63) is 137 Å². The van der Waals surface area contributed by atoms with Crippen molar-refractivity contribution in [3.8, 4) is 0 Å². The van der Waals surface area contributed by atoms with Crippen LogP contribution in [0.25, 0.3) is 0 Å². The number of halogens is 3. The molecule has 3 aromatic carbocycles. The molecule has 0 saturated carbocycles. The van der Waals surface area contributed by atoms with Gasteiger partial charge in [-0.15, -0.1) is 0 Å². The van der Waals surface area contributed by atoms with Gasteiger partial charge in [-0.05, 0) is 71.3 Å². The first kappa shape index (κ1) is 34.7. The number of nitrogens with zero attached hydrogens (tertiary/aromatic N) is 1. The lowest BCUT2D eigenvalue weighted by Crippen LogP contribution is -2.47. The second-order valence-corrected chi connectivity index (χ2v) is 11.8. The first-order valence-electron chi connectivity index (χ1n) is 16.0. The van der Waals surface area contributed by atoms with Crippen molar-refractivity contribution in [2.24, 2.45) is 5.73 Å². The molecule has 1 saturated heterocycles. The fraction of sp³-hybridized carbons (Fsp3) is 0.324. The predicted octanol–water partition coefficient (Wildman–Crippen LogP) is 5.03. The van der Waals surface area contributed by atoms with Crippen molar-refractivity contribution in [2.75, 3.05) is 26.2 Å². The number of carbonyl (C=O) groups excluding carboxylic acids is 2. The van der Waals surface area contributed by atoms with E-state index in [4.69, 9.17) is 15.2 Å². The SMILES string of the molecule is N[C@H](C(=O)Cc1cncc(F)c1CC[C@@H]1CNC[C@@H](COC(=O)NCCc2ccccc2)O1)C(c1ccc(F)cc1)c1ccc(F)cc1. The van der Waals surface area contributed by atoms with Crippen molar-refractivity contribution in [3.63, 3.8) is 0 Å². The summed E-state index contributed by atoms with van der Waals surface area (Å²) >= 11 is 0. The molecule has 4 aromatic rings. The summed E-state index contributed by atoms with van der Waals surface area (Å²) in [6.45, 7) is 1.54. The molecule has 0 bridgehead atoms. The summed E-state index contributed by atoms with van der Waals surface area (Å²) in [6.07, 6.45) is 2.60. The molecule has 1 amide bonds. The van der Waals surface area contributed by atoms with Crippen LogP contribution in [-0.4, -0.2) is 61.4 Å². The van der Waals surface area contributed by atoms with Crippen LogP contribution < -0.4 is 16.4 Å². The average molecular weight is 661 g/mol. The van der Waals surface area contributed by atoms with Crippen molar-refractivity contribution < 1.29 is 32.2 Å². The molecule has 0 radical (unpaired) electrons. The highest BCUT2D eigenvalue weighted by molar-refractivity contribution is 5.87. The van der Waals surface area contributed by atoms with Crippen LogP contribution in [0.2, 0.25) is 0 Å². The summed E-state index contributed by atoms with van der Waals surface area (Å²) in [5.74, 6) is -2.49. The lowest BCUT2D eigenvalue weighted by molar-refractivity contribution is -0.119. The number of Topliss-reactive ketones (excluding diaryl/α,β-unsaturated/α-hetero) is 1. The smallest absolute Gasteiger partial charge is 0.407 e. The Kier molecular flexibility index (Phi) is 12.3. The van der Waals surface area contributed by atoms with E-state index in [1.54, 1.807) is 24.3 Å². The third kappa shape index (κ3) is 9.72. The number of carbonyl (C=O) groups is 2. The second kappa shape index (κ2) is 17.0. The zero-order chi connectivity index (χ0) is 33.9. The molecule has 3 atom stereocenters. The molecule has 1 aromatic heterocycles. The minimum absolute atomic E-state index is 0.0607. The number of hydrogen-bond acceptors (Lipinski definition) is 7. The van der Waals surface area contributed by atoms with E-state index in [0.717, 1.165) is 11.8 Å². The molecular weight excluding hydrogens is 621 g/mol. The summed E-state index contributed by atoms with van der Waals surface area (Å²) in [6, 6.07) is 20.0. The van der Waals surface area contributed by atoms with Gasteiger partial charge < -0.3 is 25.8 Å². The van der Waals surface area contributed by atoms with E-state index < -0.39 is 35.5 Å². The van der Waals surface area contributed by atoms with Gasteiger partial charge >= 0.3 is 6.09 Å². The van der Waals surface area contributed by atoms with Crippen LogP contribution in [0.5, 0.6) is 0 Å². The van der Waals surface area contributed by atoms with E-state index in [0.29, 0.717) is 54.7 Å². The summed E-state index contributed by atoms with van der Waals surface area (Å²) < 4.78 is 54.0. The third-order valence-electron chi connectivity index (χ3n) is 8.42. The molecule has 0 spiro atoms. The van der Waals surface area contributed by atoms with Gasteiger partial charge in [-0.25, -0.2) is 18.0 Å². The molecular formula is C37H39F3N4O4. The summed E-state index contributed by atoms with van der Waals surface area (Å²) in [5, 5.41) is 6.02. The number of aromatic nitrogens is 1. The highest BCUT2D eigenvalue weighted by atomic mass is 19.1. The first-order chi connectivity index (χ1) is 23.3. The van der Waals surface area contributed by atoms with Crippen LogP contribution >= 0.6 is 0 Å². The predicted molar refractivity (Wildman–Crippen MR) is 175 cm³/mol. The Morgan fingerprint density at radius 1 is 0.896 bits per heavy atom. The Morgan fingerprint density at radius 3 is 2.21 bits per heavy atom. The van der Waals surface area contributed by atoms with Gasteiger partial charge in [0.15, 0.2) is 5.78 Å². The van der Waals surface area contributed by atoms with Gasteiger partial charge in [0.25, 0.3) is 0 Å². The first-order valence-corrected chi connectivity index (χ1v) is 16.0. The summed E-state index contributed by atoms with van der Waals surface area (Å²) in [5.41, 5.74) is 9.56. The minimum Gasteiger partial charge on any atom is -0.447 e. The van der Waals surface area contributed by atoms with Gasteiger partial charge in [0, 0.05) is 38.2 Å². The molecule has 1 fully saturated rings. The molecule has 8 nitrogen and oxygen atoms in total. The number of ketones is 1. The van der Waals surface area contributed by atoms with E-state index in [1.165, 1.54) is 30.5 Å². The number of nitrogens with one attached hydrogen (secondary N) is 2. The Balaban J connectivity index is 1.16. The summed E-state index contributed by atoms with van der Waals surface area (Å²) in [4.78, 5) is 29.8. The number of benzene rings is 3.